The smallest absolute Gasteiger partial charge is 0.191 e. The highest BCUT2D eigenvalue weighted by Crippen LogP contribution is 2.24. The maximum atomic E-state index is 5.27. The van der Waals surface area contributed by atoms with Gasteiger partial charge in [-0.05, 0) is 38.1 Å². The number of halogens is 1. The van der Waals surface area contributed by atoms with Crippen molar-refractivity contribution in [3.63, 3.8) is 0 Å². The number of piperidine rings is 1. The lowest BCUT2D eigenvalue weighted by molar-refractivity contribution is 0.446. The molecule has 0 amide bonds. The summed E-state index contributed by atoms with van der Waals surface area (Å²) < 4.78 is 5.27. The number of hydrogen-bond donors (Lipinski definition) is 2. The molecule has 0 atom stereocenters. The predicted molar refractivity (Wildman–Crippen MR) is 66.2 cm³/mol. The lowest BCUT2D eigenvalue weighted by atomic mass is 9.98. The number of H-pyrrole nitrogens is 1. The summed E-state index contributed by atoms with van der Waals surface area (Å²) in [7, 11) is 0. The molecule has 5 nitrogen and oxygen atoms in total. The second-order valence-electron chi connectivity index (χ2n) is 4.04. The number of hydrogen-bond acceptors (Lipinski definition) is 4. The van der Waals surface area contributed by atoms with Crippen molar-refractivity contribution in [1.82, 2.24) is 20.5 Å². The number of aromatic amines is 1. The third-order valence-corrected chi connectivity index (χ3v) is 2.96. The lowest BCUT2D eigenvalue weighted by Gasteiger charge is -2.19. The first kappa shape index (κ1) is 12.1. The number of nitrogens with zero attached hydrogens (tertiary/aromatic N) is 2. The first-order valence-corrected chi connectivity index (χ1v) is 5.60. The van der Waals surface area contributed by atoms with Crippen molar-refractivity contribution in [2.24, 2.45) is 0 Å². The molecule has 2 aromatic rings. The average Bonchev–Trinajstić information content (AvgIpc) is 3.01. The Morgan fingerprint density at radius 3 is 2.82 bits per heavy atom. The summed E-state index contributed by atoms with van der Waals surface area (Å²) in [6.07, 6.45) is 3.85. The van der Waals surface area contributed by atoms with Crippen LogP contribution in [-0.4, -0.2) is 28.3 Å². The fourth-order valence-corrected chi connectivity index (χ4v) is 2.06. The Kier molecular flexibility index (Phi) is 3.81. The molecule has 0 spiro atoms. The molecule has 1 aliphatic heterocycles. The minimum absolute atomic E-state index is 0. The van der Waals surface area contributed by atoms with Gasteiger partial charge in [-0.2, -0.15) is 5.10 Å². The highest BCUT2D eigenvalue weighted by Gasteiger charge is 2.20. The van der Waals surface area contributed by atoms with E-state index in [1.165, 1.54) is 0 Å². The van der Waals surface area contributed by atoms with Crippen LogP contribution in [-0.2, 0) is 0 Å². The van der Waals surface area contributed by atoms with Crippen molar-refractivity contribution in [2.45, 2.75) is 18.8 Å². The molecular weight excluding hydrogens is 240 g/mol. The van der Waals surface area contributed by atoms with Crippen molar-refractivity contribution >= 4 is 12.4 Å². The normalized spacial score (nSPS) is 16.7. The van der Waals surface area contributed by atoms with Crippen LogP contribution in [0.4, 0.5) is 0 Å². The number of aromatic nitrogens is 3. The summed E-state index contributed by atoms with van der Waals surface area (Å²) in [4.78, 5) is 4.49. The topological polar surface area (TPSA) is 66.7 Å². The second-order valence-corrected chi connectivity index (χ2v) is 4.04. The van der Waals surface area contributed by atoms with Crippen molar-refractivity contribution in [1.29, 1.82) is 0 Å². The highest BCUT2D eigenvalue weighted by atomic mass is 35.5. The molecule has 0 bridgehead atoms. The van der Waals surface area contributed by atoms with Crippen LogP contribution in [0.2, 0.25) is 0 Å². The van der Waals surface area contributed by atoms with Gasteiger partial charge in [0.1, 0.15) is 0 Å². The van der Waals surface area contributed by atoms with E-state index in [0.717, 1.165) is 43.3 Å². The monoisotopic (exact) mass is 254 g/mol. The van der Waals surface area contributed by atoms with E-state index in [2.05, 4.69) is 20.5 Å². The largest absolute Gasteiger partial charge is 0.461 e. The van der Waals surface area contributed by atoms with E-state index in [1.807, 2.05) is 12.1 Å². The van der Waals surface area contributed by atoms with E-state index < -0.39 is 0 Å². The Morgan fingerprint density at radius 1 is 1.29 bits per heavy atom. The molecule has 0 aliphatic carbocycles. The predicted octanol–water partition coefficient (Wildman–Crippen LogP) is 1.95. The van der Waals surface area contributed by atoms with Crippen LogP contribution in [0.1, 0.15) is 24.6 Å². The number of furan rings is 1. The fraction of sp³-hybridized carbons (Fsp3) is 0.455. The highest BCUT2D eigenvalue weighted by molar-refractivity contribution is 5.85. The summed E-state index contributed by atoms with van der Waals surface area (Å²) in [5.41, 5.74) is 0. The van der Waals surface area contributed by atoms with Crippen LogP contribution in [0.3, 0.4) is 0 Å². The van der Waals surface area contributed by atoms with Gasteiger partial charge < -0.3 is 9.73 Å². The molecule has 0 unspecified atom stereocenters. The SMILES string of the molecule is Cl.c1coc(-c2nc(C3CCNCC3)n[nH]2)c1. The third kappa shape index (κ3) is 2.50. The molecule has 2 N–H and O–H groups in total. The molecule has 6 heteroatoms. The molecule has 1 fully saturated rings. The average molecular weight is 255 g/mol. The third-order valence-electron chi connectivity index (χ3n) is 2.96. The standard InChI is InChI=1S/C11H14N4O.ClH/c1-2-9(16-7-1)11-13-10(14-15-11)8-3-5-12-6-4-8;/h1-2,7-8,12H,3-6H2,(H,13,14,15);1H. The molecule has 0 aromatic carbocycles. The van der Waals surface area contributed by atoms with Gasteiger partial charge in [0.15, 0.2) is 17.4 Å². The Balaban J connectivity index is 0.00000108. The maximum Gasteiger partial charge on any atom is 0.191 e. The number of nitrogens with one attached hydrogen (secondary N) is 2. The number of rotatable bonds is 2. The Bertz CT molecular complexity index is 448. The van der Waals surface area contributed by atoms with E-state index in [1.54, 1.807) is 6.26 Å². The van der Waals surface area contributed by atoms with E-state index in [0.29, 0.717) is 5.92 Å². The minimum Gasteiger partial charge on any atom is -0.461 e. The van der Waals surface area contributed by atoms with Crippen LogP contribution < -0.4 is 5.32 Å². The van der Waals surface area contributed by atoms with E-state index in [9.17, 15) is 0 Å². The molecule has 1 aliphatic rings. The Labute approximate surface area is 105 Å². The van der Waals surface area contributed by atoms with E-state index in [-0.39, 0.29) is 12.4 Å². The minimum atomic E-state index is 0. The fourth-order valence-electron chi connectivity index (χ4n) is 2.06. The zero-order valence-electron chi connectivity index (χ0n) is 9.35. The maximum absolute atomic E-state index is 5.27. The van der Waals surface area contributed by atoms with Crippen LogP contribution >= 0.6 is 12.4 Å². The van der Waals surface area contributed by atoms with Gasteiger partial charge in [-0.15, -0.1) is 12.4 Å². The summed E-state index contributed by atoms with van der Waals surface area (Å²) >= 11 is 0. The lowest BCUT2D eigenvalue weighted by Crippen LogP contribution is -2.27. The van der Waals surface area contributed by atoms with Gasteiger partial charge in [-0.1, -0.05) is 0 Å². The van der Waals surface area contributed by atoms with Crippen molar-refractivity contribution in [3.8, 4) is 11.6 Å². The molecule has 0 saturated carbocycles. The van der Waals surface area contributed by atoms with Crippen LogP contribution in [0, 0.1) is 0 Å². The molecule has 3 rings (SSSR count). The zero-order valence-corrected chi connectivity index (χ0v) is 10.2. The van der Waals surface area contributed by atoms with Gasteiger partial charge in [0.05, 0.1) is 6.26 Å². The molecular formula is C11H15ClN4O. The van der Waals surface area contributed by atoms with Crippen LogP contribution in [0.15, 0.2) is 22.8 Å². The summed E-state index contributed by atoms with van der Waals surface area (Å²) in [5, 5.41) is 10.5. The summed E-state index contributed by atoms with van der Waals surface area (Å²) in [6, 6.07) is 3.73. The van der Waals surface area contributed by atoms with Crippen LogP contribution in [0.25, 0.3) is 11.6 Å². The second kappa shape index (κ2) is 5.33. The quantitative estimate of drug-likeness (QED) is 0.860. The molecule has 3 heterocycles. The van der Waals surface area contributed by atoms with Gasteiger partial charge in [0.25, 0.3) is 0 Å². The van der Waals surface area contributed by atoms with E-state index in [4.69, 9.17) is 4.42 Å². The molecule has 1 saturated heterocycles. The zero-order chi connectivity index (χ0) is 10.8. The van der Waals surface area contributed by atoms with Gasteiger partial charge in [0.2, 0.25) is 0 Å². The summed E-state index contributed by atoms with van der Waals surface area (Å²) in [6.45, 7) is 2.10. The summed E-state index contributed by atoms with van der Waals surface area (Å²) in [5.74, 6) is 2.85. The molecule has 92 valence electrons. The van der Waals surface area contributed by atoms with Gasteiger partial charge in [-0.25, -0.2) is 4.98 Å². The van der Waals surface area contributed by atoms with Crippen molar-refractivity contribution in [3.05, 3.63) is 24.2 Å². The Hall–Kier alpha value is -1.33. The van der Waals surface area contributed by atoms with Gasteiger partial charge in [0, 0.05) is 5.92 Å². The van der Waals surface area contributed by atoms with E-state index >= 15 is 0 Å². The van der Waals surface area contributed by atoms with Gasteiger partial charge in [-0.3, -0.25) is 5.10 Å². The van der Waals surface area contributed by atoms with Crippen molar-refractivity contribution in [2.75, 3.05) is 13.1 Å². The molecule has 17 heavy (non-hydrogen) atoms. The molecule has 2 aromatic heterocycles. The molecule has 0 radical (unpaired) electrons. The first-order chi connectivity index (χ1) is 7.93. The Morgan fingerprint density at radius 2 is 2.12 bits per heavy atom. The first-order valence-electron chi connectivity index (χ1n) is 5.60. The van der Waals surface area contributed by atoms with Crippen molar-refractivity contribution < 1.29 is 4.42 Å². The van der Waals surface area contributed by atoms with Crippen LogP contribution in [0.5, 0.6) is 0 Å². The van der Waals surface area contributed by atoms with Gasteiger partial charge >= 0.3 is 0 Å².